The van der Waals surface area contributed by atoms with E-state index >= 15 is 0 Å². The number of hydrogen-bond acceptors (Lipinski definition) is 2. The summed E-state index contributed by atoms with van der Waals surface area (Å²) < 4.78 is 0. The normalized spacial score (nSPS) is 13.8. The van der Waals surface area contributed by atoms with Gasteiger partial charge in [-0.1, -0.05) is 42.5 Å². The van der Waals surface area contributed by atoms with E-state index in [9.17, 15) is 0 Å². The lowest BCUT2D eigenvalue weighted by Crippen LogP contribution is -2.21. The average Bonchev–Trinajstić information content (AvgIpc) is 2.54. The minimum atomic E-state index is 1.02. The zero-order valence-electron chi connectivity index (χ0n) is 12.8. The molecule has 1 aliphatic rings. The lowest BCUT2D eigenvalue weighted by atomic mass is 9.99. The van der Waals surface area contributed by atoms with Crippen LogP contribution in [0.25, 0.3) is 0 Å². The van der Waals surface area contributed by atoms with Gasteiger partial charge in [-0.25, -0.2) is 0 Å². The molecule has 0 unspecified atom stereocenters. The second-order valence-corrected chi connectivity index (χ2v) is 6.00. The molecule has 2 aromatic carbocycles. The summed E-state index contributed by atoms with van der Waals surface area (Å²) in [5.41, 5.74) is 5.67. The average molecular weight is 280 g/mol. The molecule has 0 spiro atoms. The first-order chi connectivity index (χ1) is 10.3. The van der Waals surface area contributed by atoms with Crippen molar-refractivity contribution in [2.45, 2.75) is 25.8 Å². The van der Waals surface area contributed by atoms with Crippen molar-refractivity contribution in [2.24, 2.45) is 0 Å². The quantitative estimate of drug-likeness (QED) is 0.898. The molecule has 2 aromatic rings. The number of anilines is 1. The van der Waals surface area contributed by atoms with Crippen LogP contribution in [0.5, 0.6) is 0 Å². The topological polar surface area (TPSA) is 15.3 Å². The van der Waals surface area contributed by atoms with Crippen molar-refractivity contribution >= 4 is 5.69 Å². The first-order valence-corrected chi connectivity index (χ1v) is 7.89. The van der Waals surface area contributed by atoms with Gasteiger partial charge in [0.1, 0.15) is 0 Å². The van der Waals surface area contributed by atoms with Crippen molar-refractivity contribution in [3.05, 3.63) is 65.2 Å². The Labute approximate surface area is 127 Å². The Kier molecular flexibility index (Phi) is 4.56. The molecule has 0 amide bonds. The zero-order chi connectivity index (χ0) is 14.5. The molecule has 110 valence electrons. The molecule has 1 N–H and O–H groups in total. The van der Waals surface area contributed by atoms with Crippen LogP contribution in [0.15, 0.2) is 48.5 Å². The third-order valence-corrected chi connectivity index (χ3v) is 4.19. The molecular formula is C19H24N2. The summed E-state index contributed by atoms with van der Waals surface area (Å²) in [6.07, 6.45) is 3.59. The Hall–Kier alpha value is -1.80. The first kappa shape index (κ1) is 14.2. The second kappa shape index (κ2) is 6.77. The Morgan fingerprint density at radius 1 is 1.05 bits per heavy atom. The van der Waals surface area contributed by atoms with Crippen LogP contribution in [0.4, 0.5) is 5.69 Å². The molecule has 0 bridgehead atoms. The summed E-state index contributed by atoms with van der Waals surface area (Å²) in [5.74, 6) is 0. The molecule has 0 aliphatic carbocycles. The summed E-state index contributed by atoms with van der Waals surface area (Å²) >= 11 is 0. The van der Waals surface area contributed by atoms with Gasteiger partial charge >= 0.3 is 0 Å². The molecule has 0 fully saturated rings. The Bertz CT molecular complexity index is 577. The maximum Gasteiger partial charge on any atom is 0.0372 e. The number of nitrogens with one attached hydrogen (secondary N) is 1. The third kappa shape index (κ3) is 3.85. The molecule has 3 rings (SSSR count). The van der Waals surface area contributed by atoms with E-state index in [1.807, 2.05) is 0 Å². The van der Waals surface area contributed by atoms with E-state index in [1.54, 1.807) is 0 Å². The van der Waals surface area contributed by atoms with Crippen LogP contribution in [-0.2, 0) is 19.4 Å². The molecule has 2 nitrogen and oxygen atoms in total. The van der Waals surface area contributed by atoms with Crippen LogP contribution in [0.1, 0.15) is 23.1 Å². The van der Waals surface area contributed by atoms with Crippen molar-refractivity contribution in [1.29, 1.82) is 0 Å². The van der Waals surface area contributed by atoms with E-state index in [-0.39, 0.29) is 0 Å². The van der Waals surface area contributed by atoms with Crippen molar-refractivity contribution in [3.8, 4) is 0 Å². The number of likely N-dealkylation sites (N-methyl/N-ethyl adjacent to an activating group) is 1. The predicted octanol–water partition coefficient (Wildman–Crippen LogP) is 3.72. The summed E-state index contributed by atoms with van der Waals surface area (Å²) in [7, 11) is 2.20. The van der Waals surface area contributed by atoms with E-state index < -0.39 is 0 Å². The fourth-order valence-electron chi connectivity index (χ4n) is 2.98. The first-order valence-electron chi connectivity index (χ1n) is 7.89. The van der Waals surface area contributed by atoms with Crippen LogP contribution in [0, 0.1) is 0 Å². The SMILES string of the molecule is CN(CCc1ccc2c(c1)CCCN2)Cc1ccccc1. The van der Waals surface area contributed by atoms with Crippen LogP contribution in [0.2, 0.25) is 0 Å². The van der Waals surface area contributed by atoms with E-state index in [4.69, 9.17) is 0 Å². The molecule has 0 radical (unpaired) electrons. The van der Waals surface area contributed by atoms with Gasteiger partial charge in [0.05, 0.1) is 0 Å². The van der Waals surface area contributed by atoms with Crippen LogP contribution in [0.3, 0.4) is 0 Å². The smallest absolute Gasteiger partial charge is 0.0372 e. The van der Waals surface area contributed by atoms with Crippen molar-refractivity contribution in [1.82, 2.24) is 4.90 Å². The number of hydrogen-bond donors (Lipinski definition) is 1. The highest BCUT2D eigenvalue weighted by Gasteiger charge is 2.09. The summed E-state index contributed by atoms with van der Waals surface area (Å²) in [4.78, 5) is 2.40. The van der Waals surface area contributed by atoms with Gasteiger partial charge in [-0.15, -0.1) is 0 Å². The number of aryl methyl sites for hydroxylation is 1. The van der Waals surface area contributed by atoms with Gasteiger partial charge in [0.15, 0.2) is 0 Å². The molecule has 0 saturated heterocycles. The van der Waals surface area contributed by atoms with Crippen molar-refractivity contribution in [3.63, 3.8) is 0 Å². The van der Waals surface area contributed by atoms with Crippen LogP contribution >= 0.6 is 0 Å². The maximum atomic E-state index is 3.48. The van der Waals surface area contributed by atoms with Gasteiger partial charge < -0.3 is 10.2 Å². The van der Waals surface area contributed by atoms with Crippen LogP contribution in [-0.4, -0.2) is 25.0 Å². The number of fused-ring (bicyclic) bond motifs is 1. The number of rotatable bonds is 5. The highest BCUT2D eigenvalue weighted by Crippen LogP contribution is 2.23. The molecule has 0 aromatic heterocycles. The Morgan fingerprint density at radius 2 is 1.90 bits per heavy atom. The lowest BCUT2D eigenvalue weighted by Gasteiger charge is -2.20. The molecule has 1 heterocycles. The molecular weight excluding hydrogens is 256 g/mol. The summed E-state index contributed by atoms with van der Waals surface area (Å²) in [6, 6.07) is 17.6. The zero-order valence-corrected chi connectivity index (χ0v) is 12.8. The molecule has 0 saturated carbocycles. The highest BCUT2D eigenvalue weighted by atomic mass is 15.1. The fourth-order valence-corrected chi connectivity index (χ4v) is 2.98. The van der Waals surface area contributed by atoms with Crippen molar-refractivity contribution < 1.29 is 0 Å². The van der Waals surface area contributed by atoms with E-state index in [0.29, 0.717) is 0 Å². The van der Waals surface area contributed by atoms with Crippen molar-refractivity contribution in [2.75, 3.05) is 25.5 Å². The van der Waals surface area contributed by atoms with E-state index in [1.165, 1.54) is 35.2 Å². The van der Waals surface area contributed by atoms with Gasteiger partial charge in [-0.3, -0.25) is 0 Å². The van der Waals surface area contributed by atoms with E-state index in [2.05, 4.69) is 65.8 Å². The van der Waals surface area contributed by atoms with Crippen LogP contribution < -0.4 is 5.32 Å². The number of nitrogens with zero attached hydrogens (tertiary/aromatic N) is 1. The molecule has 0 atom stereocenters. The van der Waals surface area contributed by atoms with Gasteiger partial charge in [-0.2, -0.15) is 0 Å². The maximum absolute atomic E-state index is 3.48. The minimum Gasteiger partial charge on any atom is -0.385 e. The lowest BCUT2D eigenvalue weighted by molar-refractivity contribution is 0.331. The van der Waals surface area contributed by atoms with Gasteiger partial charge in [0.2, 0.25) is 0 Å². The molecule has 2 heteroatoms. The third-order valence-electron chi connectivity index (χ3n) is 4.19. The minimum absolute atomic E-state index is 1.02. The van der Waals surface area contributed by atoms with Gasteiger partial charge in [0, 0.05) is 25.3 Å². The Morgan fingerprint density at radius 3 is 2.76 bits per heavy atom. The highest BCUT2D eigenvalue weighted by molar-refractivity contribution is 5.54. The predicted molar refractivity (Wildman–Crippen MR) is 89.7 cm³/mol. The van der Waals surface area contributed by atoms with E-state index in [0.717, 1.165) is 26.1 Å². The van der Waals surface area contributed by atoms with Gasteiger partial charge in [-0.05, 0) is 49.1 Å². The summed E-state index contributed by atoms with van der Waals surface area (Å²) in [6.45, 7) is 3.24. The second-order valence-electron chi connectivity index (χ2n) is 6.00. The summed E-state index contributed by atoms with van der Waals surface area (Å²) in [5, 5.41) is 3.48. The number of benzene rings is 2. The monoisotopic (exact) mass is 280 g/mol. The molecule has 21 heavy (non-hydrogen) atoms. The Balaban J connectivity index is 1.55. The standard InChI is InChI=1S/C19H24N2/c1-21(15-17-6-3-2-4-7-17)13-11-16-9-10-19-18(14-16)8-5-12-20-19/h2-4,6-7,9-10,14,20H,5,8,11-13,15H2,1H3. The molecule has 1 aliphatic heterocycles. The largest absolute Gasteiger partial charge is 0.385 e. The fraction of sp³-hybridized carbons (Fsp3) is 0.368. The van der Waals surface area contributed by atoms with Gasteiger partial charge in [0.25, 0.3) is 0 Å².